The molecule has 2 atom stereocenters. The van der Waals surface area contributed by atoms with Crippen molar-refractivity contribution in [3.05, 3.63) is 35.4 Å². The Morgan fingerprint density at radius 2 is 2.07 bits per heavy atom. The first-order chi connectivity index (χ1) is 6.73. The normalized spacial score (nSPS) is 30.4. The molecule has 1 nitrogen and oxygen atoms in total. The van der Waals surface area contributed by atoms with Gasteiger partial charge in [0.05, 0.1) is 0 Å². The van der Waals surface area contributed by atoms with Crippen molar-refractivity contribution < 1.29 is 0 Å². The number of rotatable bonds is 3. The lowest BCUT2D eigenvalue weighted by molar-refractivity contribution is 0.644. The van der Waals surface area contributed by atoms with Crippen LogP contribution in [0.25, 0.3) is 0 Å². The van der Waals surface area contributed by atoms with Crippen LogP contribution in [-0.4, -0.2) is 12.4 Å². The average molecular weight is 210 g/mol. The standard InChI is InChI=1S/C12H16ClN/c1-9-2-4-10(5-3-9)12(8-14)6-11(12)7-13/h2-5,11H,6-8,14H2,1H3/t11-,12+/m0/s1. The minimum atomic E-state index is 0.190. The second-order valence-corrected chi connectivity index (χ2v) is 4.59. The molecule has 2 N–H and O–H groups in total. The lowest BCUT2D eigenvalue weighted by Crippen LogP contribution is -2.22. The van der Waals surface area contributed by atoms with Crippen molar-refractivity contribution in [3.63, 3.8) is 0 Å². The third kappa shape index (κ3) is 1.45. The van der Waals surface area contributed by atoms with Gasteiger partial charge in [-0.15, -0.1) is 11.6 Å². The van der Waals surface area contributed by atoms with Gasteiger partial charge in [0.15, 0.2) is 0 Å². The Morgan fingerprint density at radius 3 is 2.50 bits per heavy atom. The van der Waals surface area contributed by atoms with Gasteiger partial charge in [0.1, 0.15) is 0 Å². The molecule has 0 saturated heterocycles. The molecule has 76 valence electrons. The van der Waals surface area contributed by atoms with E-state index in [2.05, 4.69) is 31.2 Å². The van der Waals surface area contributed by atoms with Crippen molar-refractivity contribution >= 4 is 11.6 Å². The molecule has 2 rings (SSSR count). The van der Waals surface area contributed by atoms with Crippen LogP contribution < -0.4 is 5.73 Å². The van der Waals surface area contributed by atoms with E-state index in [1.165, 1.54) is 11.1 Å². The zero-order valence-electron chi connectivity index (χ0n) is 8.46. The second kappa shape index (κ2) is 3.56. The van der Waals surface area contributed by atoms with Gasteiger partial charge in [0.25, 0.3) is 0 Å². The molecule has 0 heterocycles. The average Bonchev–Trinajstić information content (AvgIpc) is 2.94. The van der Waals surface area contributed by atoms with Gasteiger partial charge in [-0.1, -0.05) is 29.8 Å². The maximum atomic E-state index is 5.89. The SMILES string of the molecule is Cc1ccc([C@]2(CN)C[C@H]2CCl)cc1. The number of hydrogen-bond acceptors (Lipinski definition) is 1. The van der Waals surface area contributed by atoms with E-state index in [-0.39, 0.29) is 5.41 Å². The number of halogens is 1. The fourth-order valence-electron chi connectivity index (χ4n) is 2.19. The summed E-state index contributed by atoms with van der Waals surface area (Å²) < 4.78 is 0. The number of benzene rings is 1. The van der Waals surface area contributed by atoms with Crippen LogP contribution in [0.2, 0.25) is 0 Å². The van der Waals surface area contributed by atoms with Gasteiger partial charge in [-0.2, -0.15) is 0 Å². The monoisotopic (exact) mass is 209 g/mol. The number of nitrogens with two attached hydrogens (primary N) is 1. The largest absolute Gasteiger partial charge is 0.330 e. The lowest BCUT2D eigenvalue weighted by Gasteiger charge is -2.15. The number of hydrogen-bond donors (Lipinski definition) is 1. The molecule has 0 amide bonds. The highest BCUT2D eigenvalue weighted by Gasteiger charge is 2.53. The summed E-state index contributed by atoms with van der Waals surface area (Å²) in [7, 11) is 0. The molecule has 1 aliphatic rings. The maximum Gasteiger partial charge on any atom is 0.0261 e. The summed E-state index contributed by atoms with van der Waals surface area (Å²) in [5, 5.41) is 0. The molecular formula is C12H16ClN. The van der Waals surface area contributed by atoms with Gasteiger partial charge < -0.3 is 5.73 Å². The Labute approximate surface area is 90.3 Å². The molecule has 0 bridgehead atoms. The van der Waals surface area contributed by atoms with E-state index >= 15 is 0 Å². The van der Waals surface area contributed by atoms with Crippen LogP contribution in [0, 0.1) is 12.8 Å². The van der Waals surface area contributed by atoms with E-state index in [0.29, 0.717) is 12.5 Å². The van der Waals surface area contributed by atoms with Crippen LogP contribution in [0.5, 0.6) is 0 Å². The molecule has 0 spiro atoms. The highest BCUT2D eigenvalue weighted by Crippen LogP contribution is 2.53. The zero-order valence-corrected chi connectivity index (χ0v) is 9.22. The van der Waals surface area contributed by atoms with Crippen molar-refractivity contribution in [1.82, 2.24) is 0 Å². The first-order valence-electron chi connectivity index (χ1n) is 5.06. The molecule has 0 radical (unpaired) electrons. The molecule has 0 aromatic heterocycles. The lowest BCUT2D eigenvalue weighted by atomic mass is 9.93. The minimum Gasteiger partial charge on any atom is -0.330 e. The highest BCUT2D eigenvalue weighted by atomic mass is 35.5. The molecule has 0 aliphatic heterocycles. The van der Waals surface area contributed by atoms with Crippen LogP contribution in [0.1, 0.15) is 17.5 Å². The van der Waals surface area contributed by atoms with Crippen molar-refractivity contribution in [2.45, 2.75) is 18.8 Å². The highest BCUT2D eigenvalue weighted by molar-refractivity contribution is 6.18. The van der Waals surface area contributed by atoms with Crippen LogP contribution in [0.3, 0.4) is 0 Å². The van der Waals surface area contributed by atoms with Gasteiger partial charge in [-0.25, -0.2) is 0 Å². The molecular weight excluding hydrogens is 194 g/mol. The Balaban J connectivity index is 2.26. The van der Waals surface area contributed by atoms with Gasteiger partial charge in [0, 0.05) is 17.8 Å². The van der Waals surface area contributed by atoms with Gasteiger partial charge in [0.2, 0.25) is 0 Å². The summed E-state index contributed by atoms with van der Waals surface area (Å²) in [6, 6.07) is 8.68. The Hall–Kier alpha value is -0.530. The summed E-state index contributed by atoms with van der Waals surface area (Å²) in [6.45, 7) is 2.82. The fourth-order valence-corrected chi connectivity index (χ4v) is 2.59. The van der Waals surface area contributed by atoms with Gasteiger partial charge in [-0.3, -0.25) is 0 Å². The van der Waals surface area contributed by atoms with Gasteiger partial charge >= 0.3 is 0 Å². The predicted molar refractivity (Wildman–Crippen MR) is 60.7 cm³/mol. The molecule has 0 unspecified atom stereocenters. The van der Waals surface area contributed by atoms with E-state index < -0.39 is 0 Å². The summed E-state index contributed by atoms with van der Waals surface area (Å²) in [5.74, 6) is 1.31. The number of alkyl halides is 1. The molecule has 1 saturated carbocycles. The quantitative estimate of drug-likeness (QED) is 0.761. The van der Waals surface area contributed by atoms with E-state index in [4.69, 9.17) is 17.3 Å². The van der Waals surface area contributed by atoms with E-state index in [0.717, 1.165) is 12.3 Å². The van der Waals surface area contributed by atoms with Crippen molar-refractivity contribution in [2.24, 2.45) is 11.7 Å². The summed E-state index contributed by atoms with van der Waals surface area (Å²) in [4.78, 5) is 0. The molecule has 14 heavy (non-hydrogen) atoms. The third-order valence-electron chi connectivity index (χ3n) is 3.41. The molecule has 1 aliphatic carbocycles. The van der Waals surface area contributed by atoms with Crippen LogP contribution in [-0.2, 0) is 5.41 Å². The third-order valence-corrected chi connectivity index (χ3v) is 3.78. The van der Waals surface area contributed by atoms with Crippen LogP contribution >= 0.6 is 11.6 Å². The van der Waals surface area contributed by atoms with E-state index in [1.54, 1.807) is 0 Å². The predicted octanol–water partition coefficient (Wildman–Crippen LogP) is 2.45. The molecule has 1 aromatic carbocycles. The second-order valence-electron chi connectivity index (χ2n) is 4.28. The summed E-state index contributed by atoms with van der Waals surface area (Å²) in [6.07, 6.45) is 1.15. The van der Waals surface area contributed by atoms with Crippen molar-refractivity contribution in [1.29, 1.82) is 0 Å². The fraction of sp³-hybridized carbons (Fsp3) is 0.500. The smallest absolute Gasteiger partial charge is 0.0261 e. The molecule has 1 aromatic rings. The zero-order chi connectivity index (χ0) is 10.2. The molecule has 2 heteroatoms. The van der Waals surface area contributed by atoms with Crippen LogP contribution in [0.15, 0.2) is 24.3 Å². The minimum absolute atomic E-state index is 0.190. The topological polar surface area (TPSA) is 26.0 Å². The van der Waals surface area contributed by atoms with E-state index in [9.17, 15) is 0 Å². The van der Waals surface area contributed by atoms with Crippen LogP contribution in [0.4, 0.5) is 0 Å². The maximum absolute atomic E-state index is 5.89. The summed E-state index contributed by atoms with van der Waals surface area (Å²) in [5.41, 5.74) is 8.69. The Kier molecular flexibility index (Phi) is 2.54. The first-order valence-corrected chi connectivity index (χ1v) is 5.59. The number of aryl methyl sites for hydroxylation is 1. The van der Waals surface area contributed by atoms with Crippen molar-refractivity contribution in [2.75, 3.05) is 12.4 Å². The molecule has 1 fully saturated rings. The first kappa shape index (κ1) is 10.0. The van der Waals surface area contributed by atoms with Crippen molar-refractivity contribution in [3.8, 4) is 0 Å². The van der Waals surface area contributed by atoms with E-state index in [1.807, 2.05) is 0 Å². The Bertz CT molecular complexity index is 320. The van der Waals surface area contributed by atoms with Gasteiger partial charge in [-0.05, 0) is 24.8 Å². The summed E-state index contributed by atoms with van der Waals surface area (Å²) >= 11 is 5.89. The Morgan fingerprint density at radius 1 is 1.43 bits per heavy atom.